The molecule has 0 unspecified atom stereocenters. The lowest BCUT2D eigenvalue weighted by molar-refractivity contribution is 0.0732. The van der Waals surface area contributed by atoms with Crippen molar-refractivity contribution in [3.8, 4) is 0 Å². The summed E-state index contributed by atoms with van der Waals surface area (Å²) in [4.78, 5) is 4.18. The van der Waals surface area contributed by atoms with Crippen molar-refractivity contribution in [1.82, 2.24) is 10.6 Å². The van der Waals surface area contributed by atoms with Gasteiger partial charge in [-0.2, -0.15) is 0 Å². The number of guanidine groups is 1. The number of nitrogens with zero attached hydrogens (tertiary/aromatic N) is 1. The average Bonchev–Trinajstić information content (AvgIpc) is 2.54. The summed E-state index contributed by atoms with van der Waals surface area (Å²) in [7, 11) is 3.42. The molecular formula is C18H27F2N3O. The summed E-state index contributed by atoms with van der Waals surface area (Å²) in [5, 5.41) is 6.46. The Balaban J connectivity index is 1.78. The van der Waals surface area contributed by atoms with Crippen molar-refractivity contribution in [2.45, 2.75) is 32.1 Å². The molecule has 24 heavy (non-hydrogen) atoms. The van der Waals surface area contributed by atoms with Gasteiger partial charge >= 0.3 is 0 Å². The minimum absolute atomic E-state index is 0.107. The Hall–Kier alpha value is -1.69. The Kier molecular flexibility index (Phi) is 6.97. The lowest BCUT2D eigenvalue weighted by Crippen LogP contribution is -2.47. The predicted molar refractivity (Wildman–Crippen MR) is 92.2 cm³/mol. The number of nitrogens with one attached hydrogen (secondary N) is 2. The second-order valence-corrected chi connectivity index (χ2v) is 6.40. The molecule has 6 heteroatoms. The van der Waals surface area contributed by atoms with Crippen LogP contribution in [0.1, 0.15) is 31.2 Å². The van der Waals surface area contributed by atoms with Gasteiger partial charge in [0, 0.05) is 39.4 Å². The number of ether oxygens (including phenoxy) is 1. The summed E-state index contributed by atoms with van der Waals surface area (Å²) >= 11 is 0. The fourth-order valence-corrected chi connectivity index (χ4v) is 3.08. The second-order valence-electron chi connectivity index (χ2n) is 6.40. The molecule has 134 valence electrons. The molecule has 0 saturated heterocycles. The highest BCUT2D eigenvalue weighted by molar-refractivity contribution is 5.79. The van der Waals surface area contributed by atoms with E-state index in [1.54, 1.807) is 14.2 Å². The lowest BCUT2D eigenvalue weighted by Gasteiger charge is -2.42. The van der Waals surface area contributed by atoms with Crippen molar-refractivity contribution in [2.24, 2.45) is 10.4 Å². The fourth-order valence-electron chi connectivity index (χ4n) is 3.08. The van der Waals surface area contributed by atoms with Gasteiger partial charge in [0.2, 0.25) is 0 Å². The van der Waals surface area contributed by atoms with Crippen LogP contribution in [0.5, 0.6) is 0 Å². The third-order valence-electron chi connectivity index (χ3n) is 4.83. The monoisotopic (exact) mass is 339 g/mol. The van der Waals surface area contributed by atoms with Crippen LogP contribution < -0.4 is 10.6 Å². The molecule has 0 heterocycles. The standard InChI is InChI=1S/C18H27F2N3O/c1-21-17(23-13-18(8-4-9-18)10-12-24-2)22-11-7-14-15(19)5-3-6-16(14)20/h3,5-6H,4,7-13H2,1-2H3,(H2,21,22,23). The quantitative estimate of drug-likeness (QED) is 0.565. The van der Waals surface area contributed by atoms with Crippen LogP contribution in [-0.2, 0) is 11.2 Å². The van der Waals surface area contributed by atoms with Crippen LogP contribution in [-0.4, -0.2) is 39.8 Å². The zero-order chi connectivity index (χ0) is 17.4. The fraction of sp³-hybridized carbons (Fsp3) is 0.611. The van der Waals surface area contributed by atoms with E-state index in [1.807, 2.05) is 0 Å². The summed E-state index contributed by atoms with van der Waals surface area (Å²) in [6.07, 6.45) is 4.95. The molecule has 0 aliphatic heterocycles. The molecule has 1 aromatic rings. The minimum Gasteiger partial charge on any atom is -0.385 e. The molecule has 0 radical (unpaired) electrons. The van der Waals surface area contributed by atoms with Gasteiger partial charge in [-0.25, -0.2) is 8.78 Å². The predicted octanol–water partition coefficient (Wildman–Crippen LogP) is 2.88. The van der Waals surface area contributed by atoms with Crippen LogP contribution in [0.4, 0.5) is 8.78 Å². The molecule has 2 rings (SSSR count). The first-order chi connectivity index (χ1) is 11.6. The first-order valence-corrected chi connectivity index (χ1v) is 8.46. The van der Waals surface area contributed by atoms with Crippen molar-refractivity contribution in [2.75, 3.05) is 33.9 Å². The van der Waals surface area contributed by atoms with Crippen LogP contribution in [0.25, 0.3) is 0 Å². The van der Waals surface area contributed by atoms with E-state index in [2.05, 4.69) is 15.6 Å². The Morgan fingerprint density at radius 1 is 1.25 bits per heavy atom. The lowest BCUT2D eigenvalue weighted by atomic mass is 9.67. The van der Waals surface area contributed by atoms with Crippen molar-refractivity contribution < 1.29 is 13.5 Å². The number of aliphatic imine (C=N–C) groups is 1. The first-order valence-electron chi connectivity index (χ1n) is 8.46. The molecule has 1 aliphatic rings. The zero-order valence-electron chi connectivity index (χ0n) is 14.5. The Morgan fingerprint density at radius 3 is 2.50 bits per heavy atom. The molecule has 4 nitrogen and oxygen atoms in total. The number of hydrogen-bond donors (Lipinski definition) is 2. The maximum atomic E-state index is 13.6. The van der Waals surface area contributed by atoms with E-state index in [0.717, 1.165) is 19.6 Å². The van der Waals surface area contributed by atoms with Gasteiger partial charge in [-0.1, -0.05) is 12.5 Å². The second kappa shape index (κ2) is 8.97. The molecule has 0 spiro atoms. The summed E-state index contributed by atoms with van der Waals surface area (Å²) in [6.45, 7) is 2.02. The first kappa shape index (κ1) is 18.6. The van der Waals surface area contributed by atoms with Gasteiger partial charge in [0.05, 0.1) is 0 Å². The SMILES string of the molecule is CN=C(NCCc1c(F)cccc1F)NCC1(CCOC)CCC1. The molecule has 0 aromatic heterocycles. The van der Waals surface area contributed by atoms with E-state index in [9.17, 15) is 8.78 Å². The molecule has 0 atom stereocenters. The Morgan fingerprint density at radius 2 is 1.96 bits per heavy atom. The maximum Gasteiger partial charge on any atom is 0.191 e. The molecule has 1 saturated carbocycles. The largest absolute Gasteiger partial charge is 0.385 e. The van der Waals surface area contributed by atoms with Crippen LogP contribution in [0.2, 0.25) is 0 Å². The van der Waals surface area contributed by atoms with Gasteiger partial charge in [0.1, 0.15) is 11.6 Å². The molecular weight excluding hydrogens is 312 g/mol. The van der Waals surface area contributed by atoms with E-state index in [1.165, 1.54) is 37.5 Å². The van der Waals surface area contributed by atoms with E-state index >= 15 is 0 Å². The van der Waals surface area contributed by atoms with Crippen molar-refractivity contribution in [1.29, 1.82) is 0 Å². The van der Waals surface area contributed by atoms with E-state index < -0.39 is 11.6 Å². The molecule has 0 amide bonds. The van der Waals surface area contributed by atoms with Crippen molar-refractivity contribution in [3.05, 3.63) is 35.4 Å². The molecule has 1 fully saturated rings. The van der Waals surface area contributed by atoms with Crippen LogP contribution in [0, 0.1) is 17.0 Å². The minimum atomic E-state index is -0.507. The molecule has 2 N–H and O–H groups in total. The average molecular weight is 339 g/mol. The van der Waals surface area contributed by atoms with Gasteiger partial charge in [-0.15, -0.1) is 0 Å². The summed E-state index contributed by atoms with van der Waals surface area (Å²) < 4.78 is 32.4. The van der Waals surface area contributed by atoms with Gasteiger partial charge in [0.15, 0.2) is 5.96 Å². The topological polar surface area (TPSA) is 45.7 Å². The summed E-state index contributed by atoms with van der Waals surface area (Å²) in [5.41, 5.74) is 0.390. The van der Waals surface area contributed by atoms with Crippen molar-refractivity contribution in [3.63, 3.8) is 0 Å². The van der Waals surface area contributed by atoms with Crippen molar-refractivity contribution >= 4 is 5.96 Å². The van der Waals surface area contributed by atoms with Crippen LogP contribution >= 0.6 is 0 Å². The van der Waals surface area contributed by atoms with Gasteiger partial charge in [-0.3, -0.25) is 4.99 Å². The maximum absolute atomic E-state index is 13.6. The third-order valence-corrected chi connectivity index (χ3v) is 4.83. The number of halogens is 2. The van der Waals surface area contributed by atoms with E-state index in [-0.39, 0.29) is 17.4 Å². The third kappa shape index (κ3) is 4.90. The zero-order valence-corrected chi connectivity index (χ0v) is 14.5. The number of methoxy groups -OCH3 is 1. The highest BCUT2D eigenvalue weighted by Gasteiger charge is 2.36. The highest BCUT2D eigenvalue weighted by Crippen LogP contribution is 2.43. The van der Waals surface area contributed by atoms with Gasteiger partial charge < -0.3 is 15.4 Å². The number of benzene rings is 1. The molecule has 1 aliphatic carbocycles. The van der Waals surface area contributed by atoms with Gasteiger partial charge in [-0.05, 0) is 43.2 Å². The molecule has 0 bridgehead atoms. The Bertz CT molecular complexity index is 539. The molecule has 1 aromatic carbocycles. The van der Waals surface area contributed by atoms with E-state index in [4.69, 9.17) is 4.74 Å². The number of rotatable bonds is 8. The Labute approximate surface area is 142 Å². The van der Waals surface area contributed by atoms with E-state index in [0.29, 0.717) is 12.5 Å². The summed E-state index contributed by atoms with van der Waals surface area (Å²) in [5.74, 6) is -0.351. The number of hydrogen-bond acceptors (Lipinski definition) is 2. The van der Waals surface area contributed by atoms with Crippen LogP contribution in [0.15, 0.2) is 23.2 Å². The van der Waals surface area contributed by atoms with Crippen LogP contribution in [0.3, 0.4) is 0 Å². The van der Waals surface area contributed by atoms with Gasteiger partial charge in [0.25, 0.3) is 0 Å². The smallest absolute Gasteiger partial charge is 0.191 e. The highest BCUT2D eigenvalue weighted by atomic mass is 19.1. The summed E-state index contributed by atoms with van der Waals surface area (Å²) in [6, 6.07) is 3.93. The normalized spacial score (nSPS) is 16.6.